The van der Waals surface area contributed by atoms with Gasteiger partial charge in [0.15, 0.2) is 6.29 Å². The summed E-state index contributed by atoms with van der Waals surface area (Å²) in [4.78, 5) is 0. The van der Waals surface area contributed by atoms with E-state index in [1.165, 1.54) is 11.1 Å². The van der Waals surface area contributed by atoms with Crippen LogP contribution in [-0.2, 0) is 9.47 Å². The minimum absolute atomic E-state index is 0.286. The van der Waals surface area contributed by atoms with E-state index in [0.717, 1.165) is 10.0 Å². The van der Waals surface area contributed by atoms with Gasteiger partial charge < -0.3 is 9.47 Å². The minimum atomic E-state index is -0.286. The van der Waals surface area contributed by atoms with Crippen molar-refractivity contribution < 1.29 is 9.47 Å². The molecule has 1 rings (SSSR count). The molecule has 16 heavy (non-hydrogen) atoms. The number of hydrogen-bond acceptors (Lipinski definition) is 2. The lowest BCUT2D eigenvalue weighted by Crippen LogP contribution is -2.06. The molecule has 0 aliphatic carbocycles. The summed E-state index contributed by atoms with van der Waals surface area (Å²) in [7, 11) is 3.29. The quantitative estimate of drug-likeness (QED) is 0.769. The number of rotatable bonds is 3. The Labute approximate surface area is 107 Å². The molecule has 0 atom stereocenters. The van der Waals surface area contributed by atoms with Crippen LogP contribution in [0.5, 0.6) is 0 Å². The van der Waals surface area contributed by atoms with Gasteiger partial charge in [0.1, 0.15) is 0 Å². The standard InChI is InChI=1S/C11H15BrO2.C2H6/c1-7-5-9(12)6-10(8(7)2)11(13-3)14-4;1-2/h5-6,11H,1-4H3;1-2H3. The lowest BCUT2D eigenvalue weighted by molar-refractivity contribution is -0.106. The lowest BCUT2D eigenvalue weighted by Gasteiger charge is -2.17. The second-order valence-corrected chi connectivity index (χ2v) is 4.16. The molecule has 0 bridgehead atoms. The fourth-order valence-corrected chi connectivity index (χ4v) is 2.03. The molecule has 0 saturated heterocycles. The molecule has 2 nitrogen and oxygen atoms in total. The van der Waals surface area contributed by atoms with Crippen LogP contribution in [0, 0.1) is 13.8 Å². The zero-order chi connectivity index (χ0) is 12.7. The van der Waals surface area contributed by atoms with E-state index in [2.05, 4.69) is 35.8 Å². The van der Waals surface area contributed by atoms with Crippen molar-refractivity contribution in [2.24, 2.45) is 0 Å². The van der Waals surface area contributed by atoms with Crippen LogP contribution in [0.15, 0.2) is 16.6 Å². The molecule has 0 saturated carbocycles. The summed E-state index contributed by atoms with van der Waals surface area (Å²) in [5, 5.41) is 0. The minimum Gasteiger partial charge on any atom is -0.352 e. The summed E-state index contributed by atoms with van der Waals surface area (Å²) in [6.45, 7) is 8.15. The van der Waals surface area contributed by atoms with Gasteiger partial charge in [-0.3, -0.25) is 0 Å². The van der Waals surface area contributed by atoms with E-state index in [1.807, 2.05) is 19.9 Å². The van der Waals surface area contributed by atoms with E-state index < -0.39 is 0 Å². The molecule has 3 heteroatoms. The molecule has 1 aromatic carbocycles. The first-order valence-corrected chi connectivity index (χ1v) is 6.21. The van der Waals surface area contributed by atoms with Crippen LogP contribution in [0.1, 0.15) is 36.8 Å². The predicted octanol–water partition coefficient (Wildman–Crippen LogP) is 4.38. The fraction of sp³-hybridized carbons (Fsp3) is 0.538. The normalized spacial score (nSPS) is 10.0. The molecule has 0 spiro atoms. The summed E-state index contributed by atoms with van der Waals surface area (Å²) in [6.07, 6.45) is -0.286. The maximum Gasteiger partial charge on any atom is 0.183 e. The molecule has 0 heterocycles. The Morgan fingerprint density at radius 3 is 2.00 bits per heavy atom. The van der Waals surface area contributed by atoms with Gasteiger partial charge in [-0.1, -0.05) is 29.8 Å². The van der Waals surface area contributed by atoms with Gasteiger partial charge in [-0.2, -0.15) is 0 Å². The molecule has 0 radical (unpaired) electrons. The van der Waals surface area contributed by atoms with E-state index >= 15 is 0 Å². The van der Waals surface area contributed by atoms with Gasteiger partial charge in [-0.05, 0) is 37.1 Å². The highest BCUT2D eigenvalue weighted by molar-refractivity contribution is 9.10. The third-order valence-electron chi connectivity index (χ3n) is 2.35. The van der Waals surface area contributed by atoms with E-state index in [0.29, 0.717) is 0 Å². The van der Waals surface area contributed by atoms with Crippen LogP contribution in [0.2, 0.25) is 0 Å². The van der Waals surface area contributed by atoms with Crippen LogP contribution < -0.4 is 0 Å². The van der Waals surface area contributed by atoms with Crippen molar-refractivity contribution >= 4 is 15.9 Å². The third-order valence-corrected chi connectivity index (χ3v) is 2.81. The Bertz CT molecular complexity index is 320. The Morgan fingerprint density at radius 2 is 1.56 bits per heavy atom. The Morgan fingerprint density at radius 1 is 1.06 bits per heavy atom. The summed E-state index contributed by atoms with van der Waals surface area (Å²) in [5.74, 6) is 0. The summed E-state index contributed by atoms with van der Waals surface area (Å²) in [5.41, 5.74) is 3.51. The van der Waals surface area contributed by atoms with E-state index in [4.69, 9.17) is 9.47 Å². The second kappa shape index (κ2) is 7.82. The zero-order valence-electron chi connectivity index (χ0n) is 10.9. The van der Waals surface area contributed by atoms with Gasteiger partial charge in [-0.15, -0.1) is 0 Å². The van der Waals surface area contributed by atoms with Crippen LogP contribution in [0.25, 0.3) is 0 Å². The number of halogens is 1. The molecule has 0 aromatic heterocycles. The van der Waals surface area contributed by atoms with Crippen LogP contribution >= 0.6 is 15.9 Å². The first-order valence-electron chi connectivity index (χ1n) is 5.42. The molecule has 0 aliphatic heterocycles. The first kappa shape index (κ1) is 15.6. The molecule has 0 aliphatic rings. The smallest absolute Gasteiger partial charge is 0.183 e. The average Bonchev–Trinajstić information content (AvgIpc) is 2.29. The van der Waals surface area contributed by atoms with Gasteiger partial charge in [0.2, 0.25) is 0 Å². The van der Waals surface area contributed by atoms with Crippen molar-refractivity contribution in [1.29, 1.82) is 0 Å². The van der Waals surface area contributed by atoms with Gasteiger partial charge in [0.05, 0.1) is 0 Å². The highest BCUT2D eigenvalue weighted by Crippen LogP contribution is 2.27. The number of methoxy groups -OCH3 is 2. The van der Waals surface area contributed by atoms with E-state index in [1.54, 1.807) is 14.2 Å². The van der Waals surface area contributed by atoms with Crippen molar-refractivity contribution in [1.82, 2.24) is 0 Å². The van der Waals surface area contributed by atoms with Gasteiger partial charge in [0, 0.05) is 24.3 Å². The molecule has 1 aromatic rings. The lowest BCUT2D eigenvalue weighted by atomic mass is 10.0. The maximum absolute atomic E-state index is 5.23. The molecule has 0 fully saturated rings. The molecule has 0 N–H and O–H groups in total. The summed E-state index contributed by atoms with van der Waals surface area (Å²) in [6, 6.07) is 4.11. The summed E-state index contributed by atoms with van der Waals surface area (Å²) >= 11 is 3.46. The third kappa shape index (κ3) is 3.89. The van der Waals surface area contributed by atoms with Gasteiger partial charge >= 0.3 is 0 Å². The molecular weight excluding hydrogens is 268 g/mol. The maximum atomic E-state index is 5.23. The fourth-order valence-electron chi connectivity index (χ4n) is 1.44. The number of aryl methyl sites for hydroxylation is 1. The number of hydrogen-bond donors (Lipinski definition) is 0. The second-order valence-electron chi connectivity index (χ2n) is 3.24. The largest absolute Gasteiger partial charge is 0.352 e. The van der Waals surface area contributed by atoms with Gasteiger partial charge in [-0.25, -0.2) is 0 Å². The topological polar surface area (TPSA) is 18.5 Å². The van der Waals surface area contributed by atoms with Crippen molar-refractivity contribution in [2.45, 2.75) is 34.0 Å². The molecular formula is C13H21BrO2. The summed E-state index contributed by atoms with van der Waals surface area (Å²) < 4.78 is 11.5. The number of ether oxygens (including phenoxy) is 2. The SMILES string of the molecule is CC.COC(OC)c1cc(Br)cc(C)c1C. The van der Waals surface area contributed by atoms with Crippen LogP contribution in [0.3, 0.4) is 0 Å². The number of benzene rings is 1. The molecule has 92 valence electrons. The van der Waals surface area contributed by atoms with Crippen LogP contribution in [0.4, 0.5) is 0 Å². The van der Waals surface area contributed by atoms with Crippen molar-refractivity contribution in [2.75, 3.05) is 14.2 Å². The van der Waals surface area contributed by atoms with Crippen molar-refractivity contribution in [3.63, 3.8) is 0 Å². The van der Waals surface area contributed by atoms with E-state index in [-0.39, 0.29) is 6.29 Å². The van der Waals surface area contributed by atoms with Crippen molar-refractivity contribution in [3.8, 4) is 0 Å². The Balaban J connectivity index is 0.00000106. The monoisotopic (exact) mass is 288 g/mol. The molecule has 0 unspecified atom stereocenters. The van der Waals surface area contributed by atoms with Crippen molar-refractivity contribution in [3.05, 3.63) is 33.3 Å². The highest BCUT2D eigenvalue weighted by Gasteiger charge is 2.13. The Hall–Kier alpha value is -0.380. The highest BCUT2D eigenvalue weighted by atomic mass is 79.9. The zero-order valence-corrected chi connectivity index (χ0v) is 12.5. The average molecular weight is 289 g/mol. The first-order chi connectivity index (χ1) is 7.60. The Kier molecular flexibility index (Phi) is 7.64. The molecule has 0 amide bonds. The van der Waals surface area contributed by atoms with Crippen LogP contribution in [-0.4, -0.2) is 14.2 Å². The predicted molar refractivity (Wildman–Crippen MR) is 71.7 cm³/mol. The van der Waals surface area contributed by atoms with E-state index in [9.17, 15) is 0 Å². The van der Waals surface area contributed by atoms with Gasteiger partial charge in [0.25, 0.3) is 0 Å².